The maximum absolute atomic E-state index is 14.2. The first kappa shape index (κ1) is 19.1. The standard InChI is InChI=1S/C20H15F2N7O/c1-12-26-27-28-29(12)18-11-13(8-9-16(18)22)24-20(30)14-5-4-10-23-19(14)25-17-7-3-2-6-15(17)21/h2-11H,1H3,(H,23,25)(H,24,30). The minimum atomic E-state index is -0.549. The van der Waals surface area contributed by atoms with Gasteiger partial charge in [0.25, 0.3) is 5.91 Å². The first-order valence-corrected chi connectivity index (χ1v) is 8.86. The van der Waals surface area contributed by atoms with Crippen LogP contribution in [0.1, 0.15) is 16.2 Å². The summed E-state index contributed by atoms with van der Waals surface area (Å²) in [6.45, 7) is 1.63. The number of benzene rings is 2. The summed E-state index contributed by atoms with van der Waals surface area (Å²) in [5, 5.41) is 16.5. The Labute approximate surface area is 169 Å². The maximum Gasteiger partial charge on any atom is 0.259 e. The molecule has 0 bridgehead atoms. The van der Waals surface area contributed by atoms with E-state index in [4.69, 9.17) is 0 Å². The number of nitrogens with zero attached hydrogens (tertiary/aromatic N) is 5. The summed E-state index contributed by atoms with van der Waals surface area (Å²) in [4.78, 5) is 17.0. The number of amides is 1. The third-order valence-corrected chi connectivity index (χ3v) is 4.24. The molecule has 30 heavy (non-hydrogen) atoms. The molecule has 4 aromatic rings. The zero-order chi connectivity index (χ0) is 21.1. The van der Waals surface area contributed by atoms with Crippen molar-refractivity contribution in [2.24, 2.45) is 0 Å². The highest BCUT2D eigenvalue weighted by Crippen LogP contribution is 2.23. The van der Waals surface area contributed by atoms with E-state index in [1.54, 1.807) is 31.2 Å². The largest absolute Gasteiger partial charge is 0.337 e. The Morgan fingerprint density at radius 1 is 1.03 bits per heavy atom. The molecule has 0 radical (unpaired) electrons. The van der Waals surface area contributed by atoms with E-state index in [0.29, 0.717) is 11.5 Å². The van der Waals surface area contributed by atoms with Gasteiger partial charge < -0.3 is 10.6 Å². The van der Waals surface area contributed by atoms with Gasteiger partial charge in [-0.05, 0) is 59.8 Å². The van der Waals surface area contributed by atoms with Crippen LogP contribution in [0.15, 0.2) is 60.8 Å². The van der Waals surface area contributed by atoms with E-state index >= 15 is 0 Å². The van der Waals surface area contributed by atoms with Crippen LogP contribution in [0.5, 0.6) is 0 Å². The summed E-state index contributed by atoms with van der Waals surface area (Å²) in [5.41, 5.74) is 0.784. The molecule has 0 unspecified atom stereocenters. The lowest BCUT2D eigenvalue weighted by Crippen LogP contribution is -2.15. The van der Waals surface area contributed by atoms with E-state index < -0.39 is 17.5 Å². The molecular formula is C20H15F2N7O. The number of carbonyl (C=O) groups is 1. The van der Waals surface area contributed by atoms with E-state index in [0.717, 1.165) is 0 Å². The number of aromatic nitrogens is 5. The molecule has 150 valence electrons. The van der Waals surface area contributed by atoms with Gasteiger partial charge in [0.15, 0.2) is 5.82 Å². The number of halogens is 2. The third kappa shape index (κ3) is 3.83. The number of para-hydroxylation sites is 1. The van der Waals surface area contributed by atoms with Crippen molar-refractivity contribution in [3.8, 4) is 5.69 Å². The van der Waals surface area contributed by atoms with Crippen LogP contribution in [-0.4, -0.2) is 31.1 Å². The second kappa shape index (κ2) is 8.03. The highest BCUT2D eigenvalue weighted by atomic mass is 19.1. The quantitative estimate of drug-likeness (QED) is 0.524. The predicted molar refractivity (Wildman–Crippen MR) is 106 cm³/mol. The Morgan fingerprint density at radius 3 is 2.63 bits per heavy atom. The van der Waals surface area contributed by atoms with Gasteiger partial charge in [0, 0.05) is 11.9 Å². The summed E-state index contributed by atoms with van der Waals surface area (Å²) in [7, 11) is 0. The maximum atomic E-state index is 14.2. The van der Waals surface area contributed by atoms with E-state index in [-0.39, 0.29) is 22.8 Å². The third-order valence-electron chi connectivity index (χ3n) is 4.24. The van der Waals surface area contributed by atoms with Crippen molar-refractivity contribution in [3.05, 3.63) is 83.8 Å². The first-order chi connectivity index (χ1) is 14.5. The van der Waals surface area contributed by atoms with Gasteiger partial charge in [-0.1, -0.05) is 12.1 Å². The topological polar surface area (TPSA) is 97.6 Å². The monoisotopic (exact) mass is 407 g/mol. The van der Waals surface area contributed by atoms with Crippen LogP contribution in [0.2, 0.25) is 0 Å². The second-order valence-electron chi connectivity index (χ2n) is 6.26. The van der Waals surface area contributed by atoms with Crippen LogP contribution in [-0.2, 0) is 0 Å². The Bertz CT molecular complexity index is 1230. The summed E-state index contributed by atoms with van der Waals surface area (Å²) in [6.07, 6.45) is 1.48. The zero-order valence-electron chi connectivity index (χ0n) is 15.7. The smallest absolute Gasteiger partial charge is 0.259 e. The molecule has 0 atom stereocenters. The number of nitrogens with one attached hydrogen (secondary N) is 2. The number of carbonyl (C=O) groups excluding carboxylic acids is 1. The minimum Gasteiger partial charge on any atom is -0.337 e. The molecule has 8 nitrogen and oxygen atoms in total. The van der Waals surface area contributed by atoms with Crippen molar-refractivity contribution in [1.29, 1.82) is 0 Å². The number of pyridine rings is 1. The van der Waals surface area contributed by atoms with Crippen LogP contribution in [0, 0.1) is 18.6 Å². The Kier molecular flexibility index (Phi) is 5.12. The van der Waals surface area contributed by atoms with E-state index in [1.807, 2.05) is 0 Å². The summed E-state index contributed by atoms with van der Waals surface area (Å²) >= 11 is 0. The lowest BCUT2D eigenvalue weighted by Gasteiger charge is -2.12. The van der Waals surface area contributed by atoms with Crippen molar-refractivity contribution in [3.63, 3.8) is 0 Å². The molecular weight excluding hydrogens is 392 g/mol. The number of hydrogen-bond acceptors (Lipinski definition) is 6. The van der Waals surface area contributed by atoms with Crippen LogP contribution in [0.3, 0.4) is 0 Å². The Hall–Kier alpha value is -4.21. The van der Waals surface area contributed by atoms with Crippen molar-refractivity contribution in [1.82, 2.24) is 25.2 Å². The molecule has 0 aliphatic rings. The lowest BCUT2D eigenvalue weighted by molar-refractivity contribution is 0.102. The highest BCUT2D eigenvalue weighted by molar-refractivity contribution is 6.07. The predicted octanol–water partition coefficient (Wildman–Crippen LogP) is 3.64. The Balaban J connectivity index is 1.61. The molecule has 10 heteroatoms. The van der Waals surface area contributed by atoms with Gasteiger partial charge in [-0.2, -0.15) is 4.68 Å². The summed E-state index contributed by atoms with van der Waals surface area (Å²) < 4.78 is 29.4. The van der Waals surface area contributed by atoms with Crippen molar-refractivity contribution >= 4 is 23.1 Å². The zero-order valence-corrected chi connectivity index (χ0v) is 15.7. The molecule has 0 aliphatic carbocycles. The highest BCUT2D eigenvalue weighted by Gasteiger charge is 2.16. The van der Waals surface area contributed by atoms with Crippen molar-refractivity contribution < 1.29 is 13.6 Å². The van der Waals surface area contributed by atoms with Crippen LogP contribution >= 0.6 is 0 Å². The van der Waals surface area contributed by atoms with Crippen molar-refractivity contribution in [2.75, 3.05) is 10.6 Å². The molecule has 2 heterocycles. The molecule has 0 saturated heterocycles. The molecule has 4 rings (SSSR count). The van der Waals surface area contributed by atoms with Gasteiger partial charge in [0.1, 0.15) is 23.1 Å². The fraction of sp³-hybridized carbons (Fsp3) is 0.0500. The average Bonchev–Trinajstić information content (AvgIpc) is 3.17. The van der Waals surface area contributed by atoms with E-state index in [2.05, 4.69) is 31.1 Å². The molecule has 0 aliphatic heterocycles. The second-order valence-corrected chi connectivity index (χ2v) is 6.26. The van der Waals surface area contributed by atoms with Gasteiger partial charge in [-0.3, -0.25) is 4.79 Å². The van der Waals surface area contributed by atoms with Gasteiger partial charge >= 0.3 is 0 Å². The fourth-order valence-corrected chi connectivity index (χ4v) is 2.78. The minimum absolute atomic E-state index is 0.0891. The van der Waals surface area contributed by atoms with E-state index in [1.165, 1.54) is 41.2 Å². The molecule has 2 aromatic heterocycles. The van der Waals surface area contributed by atoms with Gasteiger partial charge in [0.2, 0.25) is 0 Å². The number of aryl methyl sites for hydroxylation is 1. The van der Waals surface area contributed by atoms with Gasteiger partial charge in [-0.15, -0.1) is 5.10 Å². The average molecular weight is 407 g/mol. The number of tetrazole rings is 1. The number of rotatable bonds is 5. The number of anilines is 3. The van der Waals surface area contributed by atoms with Crippen LogP contribution in [0.25, 0.3) is 5.69 Å². The fourth-order valence-electron chi connectivity index (χ4n) is 2.78. The van der Waals surface area contributed by atoms with E-state index in [9.17, 15) is 13.6 Å². The summed E-state index contributed by atoms with van der Waals surface area (Å²) in [6, 6.07) is 13.2. The van der Waals surface area contributed by atoms with Gasteiger partial charge in [-0.25, -0.2) is 13.8 Å². The van der Waals surface area contributed by atoms with Crippen LogP contribution < -0.4 is 10.6 Å². The molecule has 0 saturated carbocycles. The summed E-state index contributed by atoms with van der Waals surface area (Å²) in [5.74, 6) is -0.964. The molecule has 0 spiro atoms. The van der Waals surface area contributed by atoms with Crippen molar-refractivity contribution in [2.45, 2.75) is 6.92 Å². The molecule has 0 fully saturated rings. The SMILES string of the molecule is Cc1nnnn1-c1cc(NC(=O)c2cccnc2Nc2ccccc2F)ccc1F. The van der Waals surface area contributed by atoms with Crippen LogP contribution in [0.4, 0.5) is 26.0 Å². The molecule has 2 N–H and O–H groups in total. The Morgan fingerprint density at radius 2 is 1.87 bits per heavy atom. The number of hydrogen-bond donors (Lipinski definition) is 2. The lowest BCUT2D eigenvalue weighted by atomic mass is 10.2. The molecule has 1 amide bonds. The first-order valence-electron chi connectivity index (χ1n) is 8.86. The normalized spacial score (nSPS) is 10.6. The van der Waals surface area contributed by atoms with Gasteiger partial charge in [0.05, 0.1) is 11.3 Å². The molecule has 2 aromatic carbocycles.